The van der Waals surface area contributed by atoms with Crippen molar-refractivity contribution < 1.29 is 0 Å². The Balaban J connectivity index is 2.01. The molecule has 4 nitrogen and oxygen atoms in total. The van der Waals surface area contributed by atoms with Crippen molar-refractivity contribution in [2.45, 2.75) is 13.8 Å². The van der Waals surface area contributed by atoms with Gasteiger partial charge in [0.15, 0.2) is 0 Å². The SMILES string of the molecule is CCN(CCN(CC)c1ccc(N)cc1)c1ccc(N)cc1. The van der Waals surface area contributed by atoms with E-state index in [1.807, 2.05) is 24.3 Å². The molecule has 0 aliphatic rings. The van der Waals surface area contributed by atoms with Crippen LogP contribution in [0, 0.1) is 0 Å². The Labute approximate surface area is 133 Å². The lowest BCUT2D eigenvalue weighted by Crippen LogP contribution is -2.35. The molecule has 2 rings (SSSR count). The van der Waals surface area contributed by atoms with Gasteiger partial charge in [-0.05, 0) is 62.4 Å². The molecule has 2 aromatic carbocycles. The molecule has 0 spiro atoms. The van der Waals surface area contributed by atoms with Gasteiger partial charge in [0.1, 0.15) is 0 Å². The van der Waals surface area contributed by atoms with E-state index in [9.17, 15) is 0 Å². The summed E-state index contributed by atoms with van der Waals surface area (Å²) in [5, 5.41) is 0. The molecule has 4 N–H and O–H groups in total. The first-order valence-electron chi connectivity index (χ1n) is 7.85. The molecule has 0 atom stereocenters. The third kappa shape index (κ3) is 4.07. The third-order valence-corrected chi connectivity index (χ3v) is 3.92. The molecular weight excluding hydrogens is 272 g/mol. The van der Waals surface area contributed by atoms with Gasteiger partial charge in [-0.2, -0.15) is 0 Å². The first-order valence-corrected chi connectivity index (χ1v) is 7.85. The molecule has 0 radical (unpaired) electrons. The van der Waals surface area contributed by atoms with Crippen LogP contribution >= 0.6 is 0 Å². The summed E-state index contributed by atoms with van der Waals surface area (Å²) in [7, 11) is 0. The summed E-state index contributed by atoms with van der Waals surface area (Å²) in [5.74, 6) is 0. The maximum absolute atomic E-state index is 5.76. The van der Waals surface area contributed by atoms with E-state index in [2.05, 4.69) is 47.9 Å². The summed E-state index contributed by atoms with van der Waals surface area (Å²) < 4.78 is 0. The molecule has 0 aliphatic heterocycles. The second-order valence-corrected chi connectivity index (χ2v) is 5.34. The largest absolute Gasteiger partial charge is 0.399 e. The summed E-state index contributed by atoms with van der Waals surface area (Å²) in [6.45, 7) is 8.25. The number of nitrogen functional groups attached to an aromatic ring is 2. The standard InChI is InChI=1S/C18H26N4/c1-3-21(17-9-5-15(19)6-10-17)13-14-22(4-2)18-11-7-16(20)8-12-18/h5-12H,3-4,13-14,19-20H2,1-2H3. The van der Waals surface area contributed by atoms with Gasteiger partial charge in [-0.3, -0.25) is 0 Å². The molecule has 0 aliphatic carbocycles. The van der Waals surface area contributed by atoms with Crippen LogP contribution in [0.2, 0.25) is 0 Å². The van der Waals surface area contributed by atoms with E-state index >= 15 is 0 Å². The summed E-state index contributed by atoms with van der Waals surface area (Å²) in [6.07, 6.45) is 0. The first kappa shape index (κ1) is 16.0. The highest BCUT2D eigenvalue weighted by Gasteiger charge is 2.08. The molecule has 22 heavy (non-hydrogen) atoms. The molecule has 4 heteroatoms. The van der Waals surface area contributed by atoms with Crippen molar-refractivity contribution in [3.8, 4) is 0 Å². The van der Waals surface area contributed by atoms with Crippen molar-refractivity contribution in [2.24, 2.45) is 0 Å². The third-order valence-electron chi connectivity index (χ3n) is 3.92. The smallest absolute Gasteiger partial charge is 0.0368 e. The number of rotatable bonds is 7. The fourth-order valence-corrected chi connectivity index (χ4v) is 2.55. The van der Waals surface area contributed by atoms with E-state index in [0.717, 1.165) is 37.6 Å². The van der Waals surface area contributed by atoms with Crippen molar-refractivity contribution in [1.29, 1.82) is 0 Å². The van der Waals surface area contributed by atoms with E-state index in [-0.39, 0.29) is 0 Å². The van der Waals surface area contributed by atoms with Gasteiger partial charge in [0.25, 0.3) is 0 Å². The minimum atomic E-state index is 0.803. The molecule has 0 amide bonds. The highest BCUT2D eigenvalue weighted by atomic mass is 15.2. The zero-order chi connectivity index (χ0) is 15.9. The van der Waals surface area contributed by atoms with E-state index in [4.69, 9.17) is 11.5 Å². The summed E-state index contributed by atoms with van der Waals surface area (Å²) in [5.41, 5.74) is 15.6. The molecule has 2 aromatic rings. The second-order valence-electron chi connectivity index (χ2n) is 5.34. The molecule has 0 heterocycles. The highest BCUT2D eigenvalue weighted by molar-refractivity contribution is 5.55. The van der Waals surface area contributed by atoms with Crippen LogP contribution in [0.5, 0.6) is 0 Å². The molecule has 0 saturated heterocycles. The minimum Gasteiger partial charge on any atom is -0.399 e. The molecule has 118 valence electrons. The van der Waals surface area contributed by atoms with E-state index < -0.39 is 0 Å². The van der Waals surface area contributed by atoms with Gasteiger partial charge >= 0.3 is 0 Å². The fourth-order valence-electron chi connectivity index (χ4n) is 2.55. The van der Waals surface area contributed by atoms with Crippen LogP contribution in [0.25, 0.3) is 0 Å². The monoisotopic (exact) mass is 298 g/mol. The average molecular weight is 298 g/mol. The van der Waals surface area contributed by atoms with Crippen LogP contribution in [-0.2, 0) is 0 Å². The number of anilines is 4. The predicted molar refractivity (Wildman–Crippen MR) is 97.5 cm³/mol. The van der Waals surface area contributed by atoms with Gasteiger partial charge in [-0.25, -0.2) is 0 Å². The zero-order valence-corrected chi connectivity index (χ0v) is 13.5. The van der Waals surface area contributed by atoms with Gasteiger partial charge in [-0.15, -0.1) is 0 Å². The fraction of sp³-hybridized carbons (Fsp3) is 0.333. The summed E-state index contributed by atoms with van der Waals surface area (Å²) in [6, 6.07) is 16.1. The minimum absolute atomic E-state index is 0.803. The maximum atomic E-state index is 5.76. The van der Waals surface area contributed by atoms with Crippen molar-refractivity contribution in [3.05, 3.63) is 48.5 Å². The molecule has 0 aromatic heterocycles. The average Bonchev–Trinajstić information content (AvgIpc) is 2.54. The Morgan fingerprint density at radius 1 is 0.636 bits per heavy atom. The number of nitrogens with zero attached hydrogens (tertiary/aromatic N) is 2. The van der Waals surface area contributed by atoms with Crippen LogP contribution in [-0.4, -0.2) is 26.2 Å². The van der Waals surface area contributed by atoms with E-state index in [0.29, 0.717) is 0 Å². The van der Waals surface area contributed by atoms with Crippen molar-refractivity contribution in [2.75, 3.05) is 47.4 Å². The van der Waals surface area contributed by atoms with Crippen LogP contribution in [0.4, 0.5) is 22.7 Å². The maximum Gasteiger partial charge on any atom is 0.0368 e. The Bertz CT molecular complexity index is 509. The molecule has 0 bridgehead atoms. The quantitative estimate of drug-likeness (QED) is 0.771. The number of hydrogen-bond acceptors (Lipinski definition) is 4. The normalized spacial score (nSPS) is 10.5. The lowest BCUT2D eigenvalue weighted by molar-refractivity contribution is 0.754. The Morgan fingerprint density at radius 3 is 1.23 bits per heavy atom. The number of likely N-dealkylation sites (N-methyl/N-ethyl adjacent to an activating group) is 2. The molecule has 0 saturated carbocycles. The van der Waals surface area contributed by atoms with E-state index in [1.54, 1.807) is 0 Å². The zero-order valence-electron chi connectivity index (χ0n) is 13.5. The molecule has 0 fully saturated rings. The van der Waals surface area contributed by atoms with E-state index in [1.165, 1.54) is 11.4 Å². The predicted octanol–water partition coefficient (Wildman–Crippen LogP) is 3.20. The van der Waals surface area contributed by atoms with Gasteiger partial charge in [-0.1, -0.05) is 0 Å². The van der Waals surface area contributed by atoms with Crippen molar-refractivity contribution in [1.82, 2.24) is 0 Å². The molecular formula is C18H26N4. The van der Waals surface area contributed by atoms with Crippen LogP contribution in [0.15, 0.2) is 48.5 Å². The summed E-state index contributed by atoms with van der Waals surface area (Å²) >= 11 is 0. The lowest BCUT2D eigenvalue weighted by Gasteiger charge is -2.29. The van der Waals surface area contributed by atoms with Gasteiger partial charge in [0, 0.05) is 48.9 Å². The van der Waals surface area contributed by atoms with Crippen LogP contribution < -0.4 is 21.3 Å². The van der Waals surface area contributed by atoms with Crippen LogP contribution in [0.3, 0.4) is 0 Å². The Morgan fingerprint density at radius 2 is 0.955 bits per heavy atom. The Hall–Kier alpha value is -2.36. The number of benzene rings is 2. The number of nitrogens with two attached hydrogens (primary N) is 2. The number of hydrogen-bond donors (Lipinski definition) is 2. The molecule has 0 unspecified atom stereocenters. The van der Waals surface area contributed by atoms with Crippen molar-refractivity contribution in [3.63, 3.8) is 0 Å². The summed E-state index contributed by atoms with van der Waals surface area (Å²) in [4.78, 5) is 4.72. The lowest BCUT2D eigenvalue weighted by atomic mass is 10.2. The van der Waals surface area contributed by atoms with Gasteiger partial charge < -0.3 is 21.3 Å². The second kappa shape index (κ2) is 7.59. The first-order chi connectivity index (χ1) is 10.6. The van der Waals surface area contributed by atoms with Gasteiger partial charge in [0.2, 0.25) is 0 Å². The Kier molecular flexibility index (Phi) is 5.53. The topological polar surface area (TPSA) is 58.5 Å². The highest BCUT2D eigenvalue weighted by Crippen LogP contribution is 2.18. The van der Waals surface area contributed by atoms with Gasteiger partial charge in [0.05, 0.1) is 0 Å². The van der Waals surface area contributed by atoms with Crippen LogP contribution in [0.1, 0.15) is 13.8 Å². The van der Waals surface area contributed by atoms with Crippen molar-refractivity contribution >= 4 is 22.7 Å².